The molecule has 1 amide bonds. The highest BCUT2D eigenvalue weighted by atomic mass is 16.2. The Hall–Kier alpha value is -0.570. The fourth-order valence-electron chi connectivity index (χ4n) is 1.04. The van der Waals surface area contributed by atoms with E-state index in [1.54, 1.807) is 0 Å². The lowest BCUT2D eigenvalue weighted by Gasteiger charge is -2.21. The molecule has 0 aromatic heterocycles. The third-order valence-corrected chi connectivity index (χ3v) is 2.37. The lowest BCUT2D eigenvalue weighted by molar-refractivity contribution is -0.128. The van der Waals surface area contributed by atoms with Crippen molar-refractivity contribution in [2.75, 3.05) is 13.1 Å². The van der Waals surface area contributed by atoms with Crippen molar-refractivity contribution < 1.29 is 4.79 Å². The highest BCUT2D eigenvalue weighted by molar-refractivity contribution is 5.81. The minimum atomic E-state index is -0.433. The molecule has 0 aliphatic rings. The van der Waals surface area contributed by atoms with Gasteiger partial charge in [-0.25, -0.2) is 0 Å². The Balaban J connectivity index is 3.64. The maximum atomic E-state index is 11.5. The molecule has 0 rings (SSSR count). The first-order chi connectivity index (χ1) is 6.40. The molecular weight excluding hydrogens is 176 g/mol. The lowest BCUT2D eigenvalue weighted by atomic mass is 9.92. The number of rotatable bonds is 6. The van der Waals surface area contributed by atoms with E-state index in [0.717, 1.165) is 19.4 Å². The first-order valence-corrected chi connectivity index (χ1v) is 5.38. The van der Waals surface area contributed by atoms with Crippen molar-refractivity contribution in [3.05, 3.63) is 0 Å². The molecule has 3 nitrogen and oxygen atoms in total. The van der Waals surface area contributed by atoms with Crippen LogP contribution in [0.5, 0.6) is 0 Å². The lowest BCUT2D eigenvalue weighted by Crippen LogP contribution is -2.42. The zero-order valence-corrected chi connectivity index (χ0v) is 9.89. The molecule has 0 aromatic rings. The molecular formula is C11H24N2O. The average Bonchev–Trinajstić information content (AvgIpc) is 2.11. The van der Waals surface area contributed by atoms with Crippen LogP contribution in [0.4, 0.5) is 0 Å². The molecule has 14 heavy (non-hydrogen) atoms. The minimum Gasteiger partial charge on any atom is -0.356 e. The maximum Gasteiger partial charge on any atom is 0.226 e. The molecule has 0 saturated heterocycles. The van der Waals surface area contributed by atoms with Crippen molar-refractivity contribution >= 4 is 5.91 Å². The summed E-state index contributed by atoms with van der Waals surface area (Å²) in [6, 6.07) is 0. The Bertz CT molecular complexity index is 176. The summed E-state index contributed by atoms with van der Waals surface area (Å²) in [5.74, 6) is 0.762. The molecule has 3 N–H and O–H groups in total. The van der Waals surface area contributed by atoms with Gasteiger partial charge in [-0.2, -0.15) is 0 Å². The largest absolute Gasteiger partial charge is 0.356 e. The standard InChI is InChI=1S/C11H24N2O/c1-9(2)6-5-7-13-10(14)11(3,4)8-12/h9H,5-8,12H2,1-4H3,(H,13,14). The summed E-state index contributed by atoms with van der Waals surface area (Å²) >= 11 is 0. The third-order valence-electron chi connectivity index (χ3n) is 2.37. The van der Waals surface area contributed by atoms with E-state index in [0.29, 0.717) is 12.5 Å². The van der Waals surface area contributed by atoms with Crippen molar-refractivity contribution in [2.24, 2.45) is 17.1 Å². The summed E-state index contributed by atoms with van der Waals surface area (Å²) in [5.41, 5.74) is 5.07. The second-order valence-electron chi connectivity index (χ2n) is 4.88. The third kappa shape index (κ3) is 5.22. The quantitative estimate of drug-likeness (QED) is 0.639. The second kappa shape index (κ2) is 6.02. The predicted molar refractivity (Wildman–Crippen MR) is 59.9 cm³/mol. The van der Waals surface area contributed by atoms with Crippen LogP contribution in [-0.2, 0) is 4.79 Å². The average molecular weight is 200 g/mol. The van der Waals surface area contributed by atoms with Gasteiger partial charge in [0.1, 0.15) is 0 Å². The van der Waals surface area contributed by atoms with Crippen molar-refractivity contribution in [2.45, 2.75) is 40.5 Å². The van der Waals surface area contributed by atoms with Gasteiger partial charge >= 0.3 is 0 Å². The van der Waals surface area contributed by atoms with Crippen molar-refractivity contribution in [3.8, 4) is 0 Å². The number of amides is 1. The molecule has 0 fully saturated rings. The molecule has 84 valence electrons. The number of carbonyl (C=O) groups excluding carboxylic acids is 1. The molecule has 0 unspecified atom stereocenters. The first kappa shape index (κ1) is 13.4. The van der Waals surface area contributed by atoms with Crippen molar-refractivity contribution in [1.82, 2.24) is 5.32 Å². The summed E-state index contributed by atoms with van der Waals surface area (Å²) in [4.78, 5) is 11.5. The van der Waals surface area contributed by atoms with Gasteiger partial charge in [0.05, 0.1) is 5.41 Å². The zero-order valence-electron chi connectivity index (χ0n) is 9.89. The normalized spacial score (nSPS) is 11.9. The van der Waals surface area contributed by atoms with Gasteiger partial charge in [-0.05, 0) is 32.6 Å². The SMILES string of the molecule is CC(C)CCCNC(=O)C(C)(C)CN. The number of carbonyl (C=O) groups is 1. The van der Waals surface area contributed by atoms with Gasteiger partial charge in [-0.3, -0.25) is 4.79 Å². The van der Waals surface area contributed by atoms with Crippen LogP contribution in [0.1, 0.15) is 40.5 Å². The molecule has 0 aliphatic carbocycles. The first-order valence-electron chi connectivity index (χ1n) is 5.38. The van der Waals surface area contributed by atoms with Gasteiger partial charge in [0.25, 0.3) is 0 Å². The summed E-state index contributed by atoms with van der Waals surface area (Å²) in [5, 5.41) is 2.91. The highest BCUT2D eigenvalue weighted by Crippen LogP contribution is 2.12. The molecule has 0 heterocycles. The molecule has 0 radical (unpaired) electrons. The zero-order chi connectivity index (χ0) is 11.2. The molecule has 3 heteroatoms. The molecule has 0 saturated carbocycles. The Kier molecular flexibility index (Phi) is 5.77. The fourth-order valence-corrected chi connectivity index (χ4v) is 1.04. The molecule has 0 aliphatic heterocycles. The second-order valence-corrected chi connectivity index (χ2v) is 4.88. The van der Waals surface area contributed by atoms with Crippen LogP contribution in [0.2, 0.25) is 0 Å². The predicted octanol–water partition coefficient (Wildman–Crippen LogP) is 1.52. The van der Waals surface area contributed by atoms with Crippen LogP contribution in [0.15, 0.2) is 0 Å². The minimum absolute atomic E-state index is 0.0590. The van der Waals surface area contributed by atoms with Gasteiger partial charge in [0, 0.05) is 13.1 Å². The van der Waals surface area contributed by atoms with Crippen molar-refractivity contribution in [3.63, 3.8) is 0 Å². The van der Waals surface area contributed by atoms with Crippen LogP contribution in [0.3, 0.4) is 0 Å². The number of nitrogens with one attached hydrogen (secondary N) is 1. The highest BCUT2D eigenvalue weighted by Gasteiger charge is 2.24. The van der Waals surface area contributed by atoms with E-state index in [4.69, 9.17) is 5.73 Å². The van der Waals surface area contributed by atoms with Crippen LogP contribution >= 0.6 is 0 Å². The van der Waals surface area contributed by atoms with E-state index in [9.17, 15) is 4.79 Å². The van der Waals surface area contributed by atoms with E-state index >= 15 is 0 Å². The van der Waals surface area contributed by atoms with Gasteiger partial charge in [-0.1, -0.05) is 13.8 Å². The van der Waals surface area contributed by atoms with Crippen molar-refractivity contribution in [1.29, 1.82) is 0 Å². The molecule has 0 spiro atoms. The van der Waals surface area contributed by atoms with E-state index in [-0.39, 0.29) is 5.91 Å². The van der Waals surface area contributed by atoms with E-state index in [1.807, 2.05) is 13.8 Å². The van der Waals surface area contributed by atoms with Gasteiger partial charge < -0.3 is 11.1 Å². The Morgan fingerprint density at radius 3 is 2.43 bits per heavy atom. The van der Waals surface area contributed by atoms with E-state index < -0.39 is 5.41 Å². The van der Waals surface area contributed by atoms with Crippen LogP contribution in [-0.4, -0.2) is 19.0 Å². The number of hydrogen-bond acceptors (Lipinski definition) is 2. The monoisotopic (exact) mass is 200 g/mol. The van der Waals surface area contributed by atoms with Crippen LogP contribution in [0, 0.1) is 11.3 Å². The van der Waals surface area contributed by atoms with Gasteiger partial charge in [0.15, 0.2) is 0 Å². The van der Waals surface area contributed by atoms with Gasteiger partial charge in [0.2, 0.25) is 5.91 Å². The van der Waals surface area contributed by atoms with E-state index in [1.165, 1.54) is 0 Å². The summed E-state index contributed by atoms with van der Waals surface area (Å²) in [6.45, 7) is 9.26. The number of nitrogens with two attached hydrogens (primary N) is 1. The molecule has 0 atom stereocenters. The molecule has 0 bridgehead atoms. The van der Waals surface area contributed by atoms with Gasteiger partial charge in [-0.15, -0.1) is 0 Å². The van der Waals surface area contributed by atoms with E-state index in [2.05, 4.69) is 19.2 Å². The summed E-state index contributed by atoms with van der Waals surface area (Å²) in [7, 11) is 0. The fraction of sp³-hybridized carbons (Fsp3) is 0.909. The Morgan fingerprint density at radius 2 is 2.00 bits per heavy atom. The number of hydrogen-bond donors (Lipinski definition) is 2. The Morgan fingerprint density at radius 1 is 1.43 bits per heavy atom. The smallest absolute Gasteiger partial charge is 0.226 e. The van der Waals surface area contributed by atoms with Crippen LogP contribution in [0.25, 0.3) is 0 Å². The summed E-state index contributed by atoms with van der Waals surface area (Å²) < 4.78 is 0. The topological polar surface area (TPSA) is 55.1 Å². The molecule has 0 aromatic carbocycles. The Labute approximate surface area is 87.4 Å². The van der Waals surface area contributed by atoms with Crippen LogP contribution < -0.4 is 11.1 Å². The maximum absolute atomic E-state index is 11.5. The summed E-state index contributed by atoms with van der Waals surface area (Å²) in [6.07, 6.45) is 2.20.